The highest BCUT2D eigenvalue weighted by atomic mass is 16.5. The van der Waals surface area contributed by atoms with Crippen molar-refractivity contribution in [3.63, 3.8) is 0 Å². The number of nitrogens with one attached hydrogen (secondary N) is 1. The molecule has 1 aliphatic heterocycles. The second-order valence-corrected chi connectivity index (χ2v) is 3.83. The molecule has 0 bridgehead atoms. The predicted octanol–water partition coefficient (Wildman–Crippen LogP) is 1.36. The molecule has 2 atom stereocenters. The van der Waals surface area contributed by atoms with Gasteiger partial charge < -0.3 is 10.1 Å². The van der Waals surface area contributed by atoms with E-state index < -0.39 is 0 Å². The van der Waals surface area contributed by atoms with Crippen molar-refractivity contribution in [2.24, 2.45) is 0 Å². The normalized spacial score (nSPS) is 22.8. The summed E-state index contributed by atoms with van der Waals surface area (Å²) in [5.41, 5.74) is 0. The molecule has 84 valence electrons. The van der Waals surface area contributed by atoms with E-state index in [0.717, 1.165) is 25.7 Å². The van der Waals surface area contributed by atoms with Crippen LogP contribution in [-0.2, 0) is 9.53 Å². The molecule has 1 aliphatic rings. The zero-order chi connectivity index (χ0) is 11.1. The molecule has 0 spiro atoms. The number of carbonyl (C=O) groups is 1. The average molecular weight is 210 g/mol. The highest BCUT2D eigenvalue weighted by Crippen LogP contribution is 2.13. The van der Waals surface area contributed by atoms with Gasteiger partial charge >= 0.3 is 0 Å². The summed E-state index contributed by atoms with van der Waals surface area (Å²) in [5.74, 6) is -0.0585. The minimum absolute atomic E-state index is 0.0342. The van der Waals surface area contributed by atoms with E-state index in [9.17, 15) is 4.79 Å². The van der Waals surface area contributed by atoms with Crippen LogP contribution in [0.25, 0.3) is 0 Å². The Morgan fingerprint density at radius 1 is 1.67 bits per heavy atom. The minimum atomic E-state index is -0.300. The first-order valence-electron chi connectivity index (χ1n) is 5.56. The standard InChI is InChI=1S/C11H18N2O2/c1-2-9(6-7-12)13-11(14)10-5-3-4-8-15-10/h9-10H,2-6,8H2,1H3,(H,13,14). The van der Waals surface area contributed by atoms with Crippen LogP contribution in [0.15, 0.2) is 0 Å². The van der Waals surface area contributed by atoms with Gasteiger partial charge in [0.05, 0.1) is 12.5 Å². The second-order valence-electron chi connectivity index (χ2n) is 3.83. The molecule has 0 aliphatic carbocycles. The number of carbonyl (C=O) groups excluding carboxylic acids is 1. The van der Waals surface area contributed by atoms with Crippen molar-refractivity contribution in [1.82, 2.24) is 5.32 Å². The van der Waals surface area contributed by atoms with Crippen LogP contribution >= 0.6 is 0 Å². The average Bonchev–Trinajstić information content (AvgIpc) is 2.29. The van der Waals surface area contributed by atoms with Crippen LogP contribution in [0, 0.1) is 11.3 Å². The molecule has 1 saturated heterocycles. The number of hydrogen-bond donors (Lipinski definition) is 1. The van der Waals surface area contributed by atoms with Gasteiger partial charge in [-0.05, 0) is 25.7 Å². The fourth-order valence-electron chi connectivity index (χ4n) is 1.65. The Hall–Kier alpha value is -1.08. The molecule has 1 N–H and O–H groups in total. The van der Waals surface area contributed by atoms with Gasteiger partial charge in [-0.3, -0.25) is 4.79 Å². The lowest BCUT2D eigenvalue weighted by molar-refractivity contribution is -0.136. The minimum Gasteiger partial charge on any atom is -0.368 e. The Morgan fingerprint density at radius 2 is 2.47 bits per heavy atom. The van der Waals surface area contributed by atoms with Crippen LogP contribution in [0.4, 0.5) is 0 Å². The molecule has 2 unspecified atom stereocenters. The van der Waals surface area contributed by atoms with E-state index in [2.05, 4.69) is 11.4 Å². The van der Waals surface area contributed by atoms with Gasteiger partial charge in [0, 0.05) is 12.6 Å². The second kappa shape index (κ2) is 6.41. The van der Waals surface area contributed by atoms with Gasteiger partial charge in [-0.2, -0.15) is 5.26 Å². The number of amides is 1. The van der Waals surface area contributed by atoms with E-state index in [1.165, 1.54) is 0 Å². The van der Waals surface area contributed by atoms with Crippen molar-refractivity contribution >= 4 is 5.91 Å². The van der Waals surface area contributed by atoms with E-state index in [4.69, 9.17) is 10.00 Å². The van der Waals surface area contributed by atoms with Crippen LogP contribution in [-0.4, -0.2) is 24.7 Å². The third kappa shape index (κ3) is 3.88. The summed E-state index contributed by atoms with van der Waals surface area (Å²) in [5, 5.41) is 11.4. The Kier molecular flexibility index (Phi) is 5.13. The lowest BCUT2D eigenvalue weighted by atomic mass is 10.1. The van der Waals surface area contributed by atoms with E-state index in [0.29, 0.717) is 13.0 Å². The summed E-state index contributed by atoms with van der Waals surface area (Å²) in [6.45, 7) is 2.64. The van der Waals surface area contributed by atoms with Crippen molar-refractivity contribution in [3.05, 3.63) is 0 Å². The molecule has 1 heterocycles. The van der Waals surface area contributed by atoms with Gasteiger partial charge in [0.15, 0.2) is 0 Å². The Bertz CT molecular complexity index is 241. The molecule has 4 nitrogen and oxygen atoms in total. The van der Waals surface area contributed by atoms with Crippen LogP contribution in [0.1, 0.15) is 39.0 Å². The number of nitrogens with zero attached hydrogens (tertiary/aromatic N) is 1. The molecule has 1 fully saturated rings. The zero-order valence-electron chi connectivity index (χ0n) is 9.16. The van der Waals surface area contributed by atoms with Gasteiger partial charge in [-0.15, -0.1) is 0 Å². The zero-order valence-corrected chi connectivity index (χ0v) is 9.16. The fourth-order valence-corrected chi connectivity index (χ4v) is 1.65. The molecule has 1 rings (SSSR count). The highest BCUT2D eigenvalue weighted by Gasteiger charge is 2.23. The molecule has 0 aromatic heterocycles. The van der Waals surface area contributed by atoms with Crippen LogP contribution < -0.4 is 5.32 Å². The lowest BCUT2D eigenvalue weighted by Gasteiger charge is -2.23. The maximum absolute atomic E-state index is 11.7. The SMILES string of the molecule is CCC(CC#N)NC(=O)C1CCCCO1. The van der Waals surface area contributed by atoms with Gasteiger partial charge in [0.25, 0.3) is 0 Å². The van der Waals surface area contributed by atoms with E-state index in [1.54, 1.807) is 0 Å². The molecule has 0 aromatic carbocycles. The number of nitriles is 1. The largest absolute Gasteiger partial charge is 0.368 e. The first kappa shape index (κ1) is 12.0. The first-order valence-corrected chi connectivity index (χ1v) is 5.56. The number of hydrogen-bond acceptors (Lipinski definition) is 3. The van der Waals surface area contributed by atoms with Crippen molar-refractivity contribution in [2.75, 3.05) is 6.61 Å². The van der Waals surface area contributed by atoms with Gasteiger partial charge in [0.2, 0.25) is 5.91 Å². The van der Waals surface area contributed by atoms with E-state index in [1.807, 2.05) is 6.92 Å². The lowest BCUT2D eigenvalue weighted by Crippen LogP contribution is -2.43. The third-order valence-corrected chi connectivity index (χ3v) is 2.65. The monoisotopic (exact) mass is 210 g/mol. The summed E-state index contributed by atoms with van der Waals surface area (Å²) < 4.78 is 5.37. The molecular formula is C11H18N2O2. The van der Waals surface area contributed by atoms with Crippen molar-refractivity contribution in [3.8, 4) is 6.07 Å². The number of ether oxygens (including phenoxy) is 1. The quantitative estimate of drug-likeness (QED) is 0.762. The molecule has 0 saturated carbocycles. The molecular weight excluding hydrogens is 192 g/mol. The van der Waals surface area contributed by atoms with Gasteiger partial charge in [-0.25, -0.2) is 0 Å². The Morgan fingerprint density at radius 3 is 3.00 bits per heavy atom. The van der Waals surface area contributed by atoms with Crippen molar-refractivity contribution < 1.29 is 9.53 Å². The Balaban J connectivity index is 2.35. The summed E-state index contributed by atoms with van der Waals surface area (Å²) in [6.07, 6.45) is 3.74. The first-order chi connectivity index (χ1) is 7.27. The fraction of sp³-hybridized carbons (Fsp3) is 0.818. The molecule has 4 heteroatoms. The van der Waals surface area contributed by atoms with Crippen LogP contribution in [0.5, 0.6) is 0 Å². The molecule has 0 radical (unpaired) electrons. The maximum atomic E-state index is 11.7. The third-order valence-electron chi connectivity index (χ3n) is 2.65. The van der Waals surface area contributed by atoms with Crippen LogP contribution in [0.3, 0.4) is 0 Å². The topological polar surface area (TPSA) is 62.1 Å². The molecule has 0 aromatic rings. The summed E-state index contributed by atoms with van der Waals surface area (Å²) in [4.78, 5) is 11.7. The van der Waals surface area contributed by atoms with Gasteiger partial charge in [-0.1, -0.05) is 6.92 Å². The van der Waals surface area contributed by atoms with Crippen LogP contribution in [0.2, 0.25) is 0 Å². The molecule has 1 amide bonds. The summed E-state index contributed by atoms with van der Waals surface area (Å²) >= 11 is 0. The highest BCUT2D eigenvalue weighted by molar-refractivity contribution is 5.81. The molecule has 15 heavy (non-hydrogen) atoms. The van der Waals surface area contributed by atoms with Crippen molar-refractivity contribution in [1.29, 1.82) is 5.26 Å². The maximum Gasteiger partial charge on any atom is 0.249 e. The Labute approximate surface area is 90.6 Å². The van der Waals surface area contributed by atoms with Gasteiger partial charge in [0.1, 0.15) is 6.10 Å². The van der Waals surface area contributed by atoms with E-state index in [-0.39, 0.29) is 18.1 Å². The van der Waals surface area contributed by atoms with Crippen molar-refractivity contribution in [2.45, 2.75) is 51.2 Å². The summed E-state index contributed by atoms with van der Waals surface area (Å²) in [6, 6.07) is 2.04. The van der Waals surface area contributed by atoms with E-state index >= 15 is 0 Å². The summed E-state index contributed by atoms with van der Waals surface area (Å²) in [7, 11) is 0. The predicted molar refractivity (Wildman–Crippen MR) is 56.0 cm³/mol. The smallest absolute Gasteiger partial charge is 0.249 e. The number of rotatable bonds is 4.